The van der Waals surface area contributed by atoms with Crippen molar-refractivity contribution in [3.8, 4) is 17.6 Å². The van der Waals surface area contributed by atoms with E-state index in [0.29, 0.717) is 30.4 Å². The van der Waals surface area contributed by atoms with Crippen LogP contribution in [0.1, 0.15) is 6.42 Å². The molecule has 0 fully saturated rings. The maximum absolute atomic E-state index is 11.5. The minimum absolute atomic E-state index is 0.378. The highest BCUT2D eigenvalue weighted by Gasteiger charge is 2.13. The van der Waals surface area contributed by atoms with Crippen LogP contribution in [0.2, 0.25) is 0 Å². The predicted octanol–water partition coefficient (Wildman–Crippen LogP) is 0.853. The van der Waals surface area contributed by atoms with Crippen LogP contribution >= 0.6 is 0 Å². The Morgan fingerprint density at radius 2 is 2.05 bits per heavy atom. The van der Waals surface area contributed by atoms with Crippen LogP contribution in [0.5, 0.6) is 11.5 Å². The molecule has 0 radical (unpaired) electrons. The lowest BCUT2D eigenvalue weighted by molar-refractivity contribution is -0.146. The summed E-state index contributed by atoms with van der Waals surface area (Å²) >= 11 is 0. The van der Waals surface area contributed by atoms with Crippen LogP contribution < -0.4 is 14.8 Å². The highest BCUT2D eigenvalue weighted by molar-refractivity contribution is 5.93. The number of amides is 1. The lowest BCUT2D eigenvalue weighted by atomic mass is 10.2. The Kier molecular flexibility index (Phi) is 4.39. The molecule has 20 heavy (non-hydrogen) atoms. The van der Waals surface area contributed by atoms with Gasteiger partial charge in [-0.1, -0.05) is 0 Å². The summed E-state index contributed by atoms with van der Waals surface area (Å²) in [7, 11) is 0. The third-order valence-corrected chi connectivity index (χ3v) is 2.41. The first kappa shape index (κ1) is 13.7. The Bertz CT molecular complexity index is 564. The van der Waals surface area contributed by atoms with Crippen molar-refractivity contribution in [1.82, 2.24) is 0 Å². The van der Waals surface area contributed by atoms with E-state index in [-0.39, 0.29) is 6.42 Å². The lowest BCUT2D eigenvalue weighted by Crippen LogP contribution is -2.21. The van der Waals surface area contributed by atoms with E-state index in [1.54, 1.807) is 24.3 Å². The molecule has 1 aromatic rings. The normalized spacial score (nSPS) is 12.2. The van der Waals surface area contributed by atoms with Gasteiger partial charge in [0.2, 0.25) is 0 Å². The van der Waals surface area contributed by atoms with Crippen LogP contribution in [0.4, 0.5) is 5.69 Å². The number of nitrogens with zero attached hydrogens (tertiary/aromatic N) is 1. The number of esters is 1. The van der Waals surface area contributed by atoms with Gasteiger partial charge in [-0.05, 0) is 12.1 Å². The van der Waals surface area contributed by atoms with Crippen molar-refractivity contribution in [3.63, 3.8) is 0 Å². The second-order valence-electron chi connectivity index (χ2n) is 3.90. The fourth-order valence-corrected chi connectivity index (χ4v) is 1.58. The van der Waals surface area contributed by atoms with Gasteiger partial charge in [-0.15, -0.1) is 0 Å². The number of anilines is 1. The number of carbonyl (C=O) groups excluding carboxylic acids is 2. The molecule has 0 unspecified atom stereocenters. The molecule has 0 atom stereocenters. The molecule has 104 valence electrons. The van der Waals surface area contributed by atoms with Crippen LogP contribution in [0.3, 0.4) is 0 Å². The summed E-state index contributed by atoms with van der Waals surface area (Å²) in [5.74, 6) is -0.0528. The molecule has 1 N–H and O–H groups in total. The van der Waals surface area contributed by atoms with Crippen molar-refractivity contribution in [1.29, 1.82) is 5.26 Å². The van der Waals surface area contributed by atoms with Gasteiger partial charge >= 0.3 is 5.97 Å². The standard InChI is InChI=1S/C13H12N2O5/c14-4-3-13(17)20-8-12(16)15-9-1-2-10-11(7-9)19-6-5-18-10/h1-2,7H,3,5-6,8H2,(H,15,16). The first-order valence-electron chi connectivity index (χ1n) is 5.91. The van der Waals surface area contributed by atoms with E-state index in [1.807, 2.05) is 0 Å². The van der Waals surface area contributed by atoms with E-state index in [0.717, 1.165) is 0 Å². The van der Waals surface area contributed by atoms with E-state index in [4.69, 9.17) is 14.7 Å². The van der Waals surface area contributed by atoms with E-state index >= 15 is 0 Å². The molecule has 0 spiro atoms. The Morgan fingerprint density at radius 1 is 1.30 bits per heavy atom. The number of fused-ring (bicyclic) bond motifs is 1. The molecule has 1 aliphatic rings. The largest absolute Gasteiger partial charge is 0.486 e. The number of hydrogen-bond acceptors (Lipinski definition) is 6. The zero-order valence-corrected chi connectivity index (χ0v) is 10.5. The van der Waals surface area contributed by atoms with Gasteiger partial charge in [-0.2, -0.15) is 5.26 Å². The monoisotopic (exact) mass is 276 g/mol. The molecule has 2 rings (SSSR count). The van der Waals surface area contributed by atoms with Crippen LogP contribution in [0.15, 0.2) is 18.2 Å². The lowest BCUT2D eigenvalue weighted by Gasteiger charge is -2.18. The molecule has 1 heterocycles. The summed E-state index contributed by atoms with van der Waals surface area (Å²) in [6.07, 6.45) is -0.378. The summed E-state index contributed by atoms with van der Waals surface area (Å²) in [5, 5.41) is 10.8. The van der Waals surface area contributed by atoms with Crippen molar-refractivity contribution in [2.24, 2.45) is 0 Å². The van der Waals surface area contributed by atoms with Gasteiger partial charge in [0.05, 0.1) is 6.07 Å². The first-order chi connectivity index (χ1) is 9.69. The molecule has 7 heteroatoms. The fraction of sp³-hybridized carbons (Fsp3) is 0.308. The van der Waals surface area contributed by atoms with Gasteiger partial charge in [0.15, 0.2) is 18.1 Å². The number of ether oxygens (including phenoxy) is 3. The predicted molar refractivity (Wildman–Crippen MR) is 67.3 cm³/mol. The number of rotatable bonds is 4. The van der Waals surface area contributed by atoms with E-state index in [2.05, 4.69) is 10.1 Å². The number of benzene rings is 1. The summed E-state index contributed by atoms with van der Waals surface area (Å²) < 4.78 is 15.3. The average molecular weight is 276 g/mol. The molecule has 0 bridgehead atoms. The van der Waals surface area contributed by atoms with Crippen LogP contribution in [-0.4, -0.2) is 31.7 Å². The Balaban J connectivity index is 1.88. The molecule has 0 aromatic heterocycles. The molecule has 0 saturated carbocycles. The van der Waals surface area contributed by atoms with Gasteiger partial charge in [-0.25, -0.2) is 0 Å². The van der Waals surface area contributed by atoms with Crippen LogP contribution in [0.25, 0.3) is 0 Å². The SMILES string of the molecule is N#CCC(=O)OCC(=O)Nc1ccc2c(c1)OCCO2. The molecule has 1 aliphatic heterocycles. The third kappa shape index (κ3) is 3.62. The summed E-state index contributed by atoms with van der Waals surface area (Å²) in [5.41, 5.74) is 0.510. The molecule has 0 saturated heterocycles. The smallest absolute Gasteiger partial charge is 0.320 e. The number of nitrogens with one attached hydrogen (secondary N) is 1. The van der Waals surface area contributed by atoms with Crippen molar-refractivity contribution >= 4 is 17.6 Å². The molecule has 1 aromatic carbocycles. The number of carbonyl (C=O) groups is 2. The topological polar surface area (TPSA) is 97.7 Å². The molecular weight excluding hydrogens is 264 g/mol. The summed E-state index contributed by atoms with van der Waals surface area (Å²) in [6, 6.07) is 6.61. The Labute approximate surface area is 115 Å². The van der Waals surface area contributed by atoms with Crippen molar-refractivity contribution < 1.29 is 23.8 Å². The first-order valence-corrected chi connectivity index (χ1v) is 5.91. The maximum Gasteiger partial charge on any atom is 0.320 e. The quantitative estimate of drug-likeness (QED) is 0.819. The third-order valence-electron chi connectivity index (χ3n) is 2.41. The Morgan fingerprint density at radius 3 is 2.80 bits per heavy atom. The minimum atomic E-state index is -0.732. The molecular formula is C13H12N2O5. The molecule has 0 aliphatic carbocycles. The number of hydrogen-bond donors (Lipinski definition) is 1. The van der Waals surface area contributed by atoms with Gasteiger partial charge in [0.25, 0.3) is 5.91 Å². The van der Waals surface area contributed by atoms with Crippen molar-refractivity contribution in [2.75, 3.05) is 25.1 Å². The molecule has 7 nitrogen and oxygen atoms in total. The average Bonchev–Trinajstić information content (AvgIpc) is 2.45. The highest BCUT2D eigenvalue weighted by Crippen LogP contribution is 2.32. The van der Waals surface area contributed by atoms with E-state index < -0.39 is 18.5 Å². The van der Waals surface area contributed by atoms with Gasteiger partial charge in [0, 0.05) is 11.8 Å². The van der Waals surface area contributed by atoms with Gasteiger partial charge in [0.1, 0.15) is 19.6 Å². The highest BCUT2D eigenvalue weighted by atomic mass is 16.6. The second kappa shape index (κ2) is 6.43. The van der Waals surface area contributed by atoms with Gasteiger partial charge < -0.3 is 19.5 Å². The fourth-order valence-electron chi connectivity index (χ4n) is 1.58. The Hall–Kier alpha value is -2.75. The summed E-state index contributed by atoms with van der Waals surface area (Å²) in [6.45, 7) is 0.513. The summed E-state index contributed by atoms with van der Waals surface area (Å²) in [4.78, 5) is 22.5. The zero-order chi connectivity index (χ0) is 14.4. The molecule has 1 amide bonds. The minimum Gasteiger partial charge on any atom is -0.486 e. The zero-order valence-electron chi connectivity index (χ0n) is 10.5. The van der Waals surface area contributed by atoms with E-state index in [9.17, 15) is 9.59 Å². The van der Waals surface area contributed by atoms with Gasteiger partial charge in [-0.3, -0.25) is 9.59 Å². The van der Waals surface area contributed by atoms with Crippen molar-refractivity contribution in [2.45, 2.75) is 6.42 Å². The number of nitriles is 1. The maximum atomic E-state index is 11.5. The van der Waals surface area contributed by atoms with Crippen LogP contribution in [-0.2, 0) is 14.3 Å². The van der Waals surface area contributed by atoms with Crippen molar-refractivity contribution in [3.05, 3.63) is 18.2 Å². The van der Waals surface area contributed by atoms with Crippen LogP contribution in [0, 0.1) is 11.3 Å². The van der Waals surface area contributed by atoms with E-state index in [1.165, 1.54) is 0 Å². The second-order valence-corrected chi connectivity index (χ2v) is 3.90.